The smallest absolute Gasteiger partial charge is 0.209 e. The highest BCUT2D eigenvalue weighted by Gasteiger charge is 2.12. The van der Waals surface area contributed by atoms with E-state index in [1.807, 2.05) is 54.1 Å². The van der Waals surface area contributed by atoms with Gasteiger partial charge in [-0.2, -0.15) is 0 Å². The molecule has 0 aliphatic carbocycles. The molecule has 0 aliphatic rings. The Morgan fingerprint density at radius 2 is 2.12 bits per heavy atom. The first kappa shape index (κ1) is 12.4. The first-order valence-corrected chi connectivity index (χ1v) is 7.07. The molecule has 0 saturated carbocycles. The Balaban J connectivity index is 2.33. The number of ketones is 1. The number of hydrogen-bond acceptors (Lipinski definition) is 1. The lowest BCUT2D eigenvalue weighted by Crippen LogP contribution is -2.10. The molecule has 0 aliphatic heterocycles. The van der Waals surface area contributed by atoms with Crippen LogP contribution in [0.25, 0.3) is 0 Å². The van der Waals surface area contributed by atoms with Crippen molar-refractivity contribution in [1.29, 1.82) is 0 Å². The van der Waals surface area contributed by atoms with E-state index in [1.165, 1.54) is 0 Å². The quantitative estimate of drug-likeness (QED) is 0.475. The Kier molecular flexibility index (Phi) is 3.99. The lowest BCUT2D eigenvalue weighted by molar-refractivity contribution is 0.103. The molecular weight excluding hydrogens is 325 g/mol. The summed E-state index contributed by atoms with van der Waals surface area (Å²) in [6, 6.07) is 11.5. The van der Waals surface area contributed by atoms with E-state index in [1.54, 1.807) is 0 Å². The molecule has 0 N–H and O–H groups in total. The van der Waals surface area contributed by atoms with Crippen molar-refractivity contribution in [2.45, 2.75) is 13.5 Å². The van der Waals surface area contributed by atoms with Gasteiger partial charge >= 0.3 is 0 Å². The van der Waals surface area contributed by atoms with Gasteiger partial charge in [0.05, 0.1) is 5.69 Å². The van der Waals surface area contributed by atoms with Crippen LogP contribution in [0.4, 0.5) is 0 Å². The largest absolute Gasteiger partial charge is 0.344 e. The third kappa shape index (κ3) is 2.77. The molecule has 1 heterocycles. The maximum Gasteiger partial charge on any atom is 0.209 e. The van der Waals surface area contributed by atoms with E-state index in [2.05, 4.69) is 22.6 Å². The summed E-state index contributed by atoms with van der Waals surface area (Å²) in [6.45, 7) is 2.88. The molecule has 0 amide bonds. The normalized spacial score (nSPS) is 10.5. The predicted octanol–water partition coefficient (Wildman–Crippen LogP) is 3.46. The van der Waals surface area contributed by atoms with Crippen molar-refractivity contribution in [2.75, 3.05) is 4.43 Å². The van der Waals surface area contributed by atoms with Crippen LogP contribution >= 0.6 is 22.6 Å². The van der Waals surface area contributed by atoms with Gasteiger partial charge in [-0.3, -0.25) is 4.79 Å². The van der Waals surface area contributed by atoms with Crippen LogP contribution in [0.2, 0.25) is 0 Å². The van der Waals surface area contributed by atoms with Crippen molar-refractivity contribution in [2.24, 2.45) is 0 Å². The van der Waals surface area contributed by atoms with Crippen molar-refractivity contribution in [3.8, 4) is 0 Å². The zero-order valence-corrected chi connectivity index (χ0v) is 11.8. The molecule has 0 fully saturated rings. The van der Waals surface area contributed by atoms with Gasteiger partial charge in [-0.25, -0.2) is 0 Å². The number of alkyl halides is 1. The summed E-state index contributed by atoms with van der Waals surface area (Å²) < 4.78 is 3.01. The molecule has 17 heavy (non-hydrogen) atoms. The standard InChI is InChI=1S/C14H14INO/c1-11-4-2-5-12(10-11)14(17)13-6-3-8-16(13)9-7-15/h2-6,8,10H,7,9H2,1H3. The van der Waals surface area contributed by atoms with Crippen molar-refractivity contribution < 1.29 is 4.79 Å². The number of carbonyl (C=O) groups is 1. The second-order valence-corrected chi connectivity index (χ2v) is 5.05. The maximum absolute atomic E-state index is 12.3. The fraction of sp³-hybridized carbons (Fsp3) is 0.214. The summed E-state index contributed by atoms with van der Waals surface area (Å²) in [6.07, 6.45) is 1.96. The number of benzene rings is 1. The van der Waals surface area contributed by atoms with Gasteiger partial charge in [0.15, 0.2) is 0 Å². The Bertz CT molecular complexity index is 531. The Morgan fingerprint density at radius 1 is 1.29 bits per heavy atom. The lowest BCUT2D eigenvalue weighted by atomic mass is 10.1. The van der Waals surface area contributed by atoms with Gasteiger partial charge in [-0.05, 0) is 25.1 Å². The molecule has 1 aromatic heterocycles. The number of hydrogen-bond donors (Lipinski definition) is 0. The third-order valence-corrected chi connectivity index (χ3v) is 3.15. The van der Waals surface area contributed by atoms with E-state index in [9.17, 15) is 4.79 Å². The Hall–Kier alpha value is -1.10. The van der Waals surface area contributed by atoms with Crippen LogP contribution in [0.5, 0.6) is 0 Å². The summed E-state index contributed by atoms with van der Waals surface area (Å²) in [5.41, 5.74) is 2.65. The molecule has 2 aromatic rings. The van der Waals surface area contributed by atoms with Gasteiger partial charge in [-0.15, -0.1) is 0 Å². The molecule has 0 spiro atoms. The average molecular weight is 339 g/mol. The van der Waals surface area contributed by atoms with Crippen LogP contribution in [-0.4, -0.2) is 14.8 Å². The average Bonchev–Trinajstić information content (AvgIpc) is 2.77. The summed E-state index contributed by atoms with van der Waals surface area (Å²) in [4.78, 5) is 12.3. The van der Waals surface area contributed by atoms with E-state index in [4.69, 9.17) is 0 Å². The topological polar surface area (TPSA) is 22.0 Å². The van der Waals surface area contributed by atoms with Crippen LogP contribution in [-0.2, 0) is 6.54 Å². The first-order chi connectivity index (χ1) is 8.22. The lowest BCUT2D eigenvalue weighted by Gasteiger charge is -2.07. The van der Waals surface area contributed by atoms with Crippen LogP contribution in [0.15, 0.2) is 42.6 Å². The van der Waals surface area contributed by atoms with Gasteiger partial charge in [0.1, 0.15) is 0 Å². The van der Waals surface area contributed by atoms with E-state index in [0.717, 1.165) is 27.8 Å². The minimum atomic E-state index is 0.101. The number of aryl methyl sites for hydroxylation is 2. The molecule has 0 saturated heterocycles. The number of nitrogens with zero attached hydrogens (tertiary/aromatic N) is 1. The molecule has 0 atom stereocenters. The zero-order chi connectivity index (χ0) is 12.3. The summed E-state index contributed by atoms with van der Waals surface area (Å²) in [5, 5.41) is 0. The van der Waals surface area contributed by atoms with Gasteiger partial charge in [0.2, 0.25) is 5.78 Å². The SMILES string of the molecule is Cc1cccc(C(=O)c2cccn2CCI)c1. The Morgan fingerprint density at radius 3 is 2.82 bits per heavy atom. The van der Waals surface area contributed by atoms with Crippen LogP contribution in [0, 0.1) is 6.92 Å². The molecule has 1 aromatic carbocycles. The number of rotatable bonds is 4. The molecule has 0 unspecified atom stereocenters. The highest BCUT2D eigenvalue weighted by Crippen LogP contribution is 2.12. The van der Waals surface area contributed by atoms with Crippen molar-refractivity contribution in [3.63, 3.8) is 0 Å². The molecule has 2 nitrogen and oxygen atoms in total. The summed E-state index contributed by atoms with van der Waals surface area (Å²) >= 11 is 2.32. The Labute approximate surface area is 115 Å². The second kappa shape index (κ2) is 5.49. The van der Waals surface area contributed by atoms with E-state index >= 15 is 0 Å². The molecule has 3 heteroatoms. The second-order valence-electron chi connectivity index (χ2n) is 3.97. The molecule has 88 valence electrons. The van der Waals surface area contributed by atoms with Crippen molar-refractivity contribution in [1.82, 2.24) is 4.57 Å². The number of carbonyl (C=O) groups excluding carboxylic acids is 1. The predicted molar refractivity (Wildman–Crippen MR) is 77.9 cm³/mol. The molecular formula is C14H14INO. The summed E-state index contributed by atoms with van der Waals surface area (Å²) in [5.74, 6) is 0.101. The van der Waals surface area contributed by atoms with Crippen LogP contribution in [0.3, 0.4) is 0 Å². The molecule has 0 bridgehead atoms. The summed E-state index contributed by atoms with van der Waals surface area (Å²) in [7, 11) is 0. The monoisotopic (exact) mass is 339 g/mol. The fourth-order valence-corrected chi connectivity index (χ4v) is 2.36. The van der Waals surface area contributed by atoms with Crippen LogP contribution in [0.1, 0.15) is 21.6 Å². The minimum absolute atomic E-state index is 0.101. The number of aromatic nitrogens is 1. The molecule has 0 radical (unpaired) electrons. The van der Waals surface area contributed by atoms with Gasteiger partial charge in [0, 0.05) is 22.7 Å². The number of halogens is 1. The van der Waals surface area contributed by atoms with Crippen molar-refractivity contribution >= 4 is 28.4 Å². The highest BCUT2D eigenvalue weighted by atomic mass is 127. The minimum Gasteiger partial charge on any atom is -0.344 e. The molecule has 2 rings (SSSR count). The highest BCUT2D eigenvalue weighted by molar-refractivity contribution is 14.1. The zero-order valence-electron chi connectivity index (χ0n) is 9.69. The first-order valence-electron chi connectivity index (χ1n) is 5.55. The van der Waals surface area contributed by atoms with E-state index in [-0.39, 0.29) is 5.78 Å². The fourth-order valence-electron chi connectivity index (χ4n) is 1.84. The third-order valence-electron chi connectivity index (χ3n) is 2.67. The van der Waals surface area contributed by atoms with Gasteiger partial charge in [0.25, 0.3) is 0 Å². The maximum atomic E-state index is 12.3. The van der Waals surface area contributed by atoms with Gasteiger partial charge in [-0.1, -0.05) is 46.4 Å². The van der Waals surface area contributed by atoms with Crippen LogP contribution < -0.4 is 0 Å². The van der Waals surface area contributed by atoms with E-state index in [0.29, 0.717) is 0 Å². The van der Waals surface area contributed by atoms with E-state index < -0.39 is 0 Å². The van der Waals surface area contributed by atoms with Gasteiger partial charge < -0.3 is 4.57 Å². The van der Waals surface area contributed by atoms with Crippen molar-refractivity contribution in [3.05, 3.63) is 59.4 Å².